The van der Waals surface area contributed by atoms with Crippen molar-refractivity contribution in [3.63, 3.8) is 0 Å². The maximum atomic E-state index is 5.26. The van der Waals surface area contributed by atoms with Crippen LogP contribution >= 0.6 is 0 Å². The second-order valence-corrected chi connectivity index (χ2v) is 3.01. The van der Waals surface area contributed by atoms with Crippen molar-refractivity contribution in [2.45, 2.75) is 46.6 Å². The highest BCUT2D eigenvalue weighted by atomic mass is 16.5. The van der Waals surface area contributed by atoms with E-state index in [1.165, 1.54) is 0 Å². The fraction of sp³-hybridized carbons (Fsp3) is 0.727. The van der Waals surface area contributed by atoms with Crippen LogP contribution in [0.3, 0.4) is 0 Å². The first-order valence-electron chi connectivity index (χ1n) is 5.30. The van der Waals surface area contributed by atoms with Gasteiger partial charge in [-0.1, -0.05) is 20.8 Å². The highest BCUT2D eigenvalue weighted by Gasteiger charge is 2.07. The Hall–Kier alpha value is -0.830. The third-order valence-corrected chi connectivity index (χ3v) is 1.98. The van der Waals surface area contributed by atoms with E-state index in [9.17, 15) is 0 Å². The molecule has 0 aliphatic heterocycles. The molecule has 1 N–H and O–H groups in total. The number of methoxy groups -OCH3 is 1. The van der Waals surface area contributed by atoms with E-state index in [-0.39, 0.29) is 0 Å². The first-order chi connectivity index (χ1) is 6.76. The maximum absolute atomic E-state index is 5.26. The van der Waals surface area contributed by atoms with Crippen LogP contribution in [0.25, 0.3) is 0 Å². The van der Waals surface area contributed by atoms with Crippen molar-refractivity contribution >= 4 is 0 Å². The molecule has 1 aromatic rings. The number of nitrogens with one attached hydrogen (secondary N) is 1. The second kappa shape index (κ2) is 7.56. The van der Waals surface area contributed by atoms with Crippen LogP contribution in [0.2, 0.25) is 0 Å². The molecule has 0 bridgehead atoms. The molecule has 1 rings (SSSR count). The van der Waals surface area contributed by atoms with E-state index in [0.29, 0.717) is 6.10 Å². The third kappa shape index (κ3) is 4.42. The van der Waals surface area contributed by atoms with Gasteiger partial charge in [-0.15, -0.1) is 0 Å². The number of hydrogen-bond acceptors (Lipinski definition) is 2. The highest BCUT2D eigenvalue weighted by molar-refractivity contribution is 5.07. The van der Waals surface area contributed by atoms with Crippen molar-refractivity contribution in [3.05, 3.63) is 17.5 Å². The lowest BCUT2D eigenvalue weighted by atomic mass is 10.1. The van der Waals surface area contributed by atoms with E-state index in [0.717, 1.165) is 24.2 Å². The standard InChI is InChI=1S/C9H16N2O.C2H6/c1-4-9(12-3)6-8-5-7(2)10-11-8;1-2/h5,9H,4,6H2,1-3H3,(H,10,11);1-2H3. The topological polar surface area (TPSA) is 37.9 Å². The number of aromatic amines is 1. The summed E-state index contributed by atoms with van der Waals surface area (Å²) in [6.07, 6.45) is 2.23. The quantitative estimate of drug-likeness (QED) is 0.807. The molecule has 3 heteroatoms. The number of ether oxygens (including phenoxy) is 1. The van der Waals surface area contributed by atoms with Gasteiger partial charge in [0.2, 0.25) is 0 Å². The van der Waals surface area contributed by atoms with Gasteiger partial charge in [-0.05, 0) is 19.4 Å². The summed E-state index contributed by atoms with van der Waals surface area (Å²) in [7, 11) is 1.74. The van der Waals surface area contributed by atoms with Gasteiger partial charge in [0.25, 0.3) is 0 Å². The molecule has 0 spiro atoms. The molecule has 0 amide bonds. The highest BCUT2D eigenvalue weighted by Crippen LogP contribution is 2.06. The molecule has 0 fully saturated rings. The molecule has 1 aromatic heterocycles. The Labute approximate surface area is 86.9 Å². The smallest absolute Gasteiger partial charge is 0.0650 e. The molecular formula is C11H22N2O. The van der Waals surface area contributed by atoms with Crippen molar-refractivity contribution in [1.29, 1.82) is 0 Å². The minimum Gasteiger partial charge on any atom is -0.381 e. The fourth-order valence-corrected chi connectivity index (χ4v) is 1.21. The van der Waals surface area contributed by atoms with Crippen molar-refractivity contribution in [2.75, 3.05) is 7.11 Å². The molecule has 0 aromatic carbocycles. The summed E-state index contributed by atoms with van der Waals surface area (Å²) in [6.45, 7) is 8.12. The van der Waals surface area contributed by atoms with Gasteiger partial charge in [-0.3, -0.25) is 5.10 Å². The van der Waals surface area contributed by atoms with Crippen LogP contribution < -0.4 is 0 Å². The Kier molecular flexibility index (Phi) is 7.11. The lowest BCUT2D eigenvalue weighted by molar-refractivity contribution is 0.0990. The van der Waals surface area contributed by atoms with Crippen LogP contribution in [-0.2, 0) is 11.2 Å². The van der Waals surface area contributed by atoms with Gasteiger partial charge in [-0.25, -0.2) is 0 Å². The lowest BCUT2D eigenvalue weighted by Gasteiger charge is -2.09. The zero-order chi connectivity index (χ0) is 11.0. The molecule has 0 aliphatic rings. The predicted octanol–water partition coefficient (Wildman–Crippen LogP) is 2.71. The van der Waals surface area contributed by atoms with Gasteiger partial charge in [-0.2, -0.15) is 5.10 Å². The van der Waals surface area contributed by atoms with E-state index < -0.39 is 0 Å². The van der Waals surface area contributed by atoms with Gasteiger partial charge < -0.3 is 4.74 Å². The normalized spacial score (nSPS) is 11.8. The Balaban J connectivity index is 0.000000791. The molecule has 0 saturated carbocycles. The largest absolute Gasteiger partial charge is 0.381 e. The van der Waals surface area contributed by atoms with E-state index in [2.05, 4.69) is 23.2 Å². The zero-order valence-electron chi connectivity index (χ0n) is 9.92. The monoisotopic (exact) mass is 198 g/mol. The van der Waals surface area contributed by atoms with Gasteiger partial charge in [0.05, 0.1) is 11.8 Å². The average Bonchev–Trinajstić information content (AvgIpc) is 2.63. The van der Waals surface area contributed by atoms with Crippen LogP contribution in [0.5, 0.6) is 0 Å². The zero-order valence-corrected chi connectivity index (χ0v) is 9.92. The predicted molar refractivity (Wildman–Crippen MR) is 59.5 cm³/mol. The van der Waals surface area contributed by atoms with Gasteiger partial charge in [0.1, 0.15) is 0 Å². The summed E-state index contributed by atoms with van der Waals surface area (Å²) in [5.41, 5.74) is 2.19. The van der Waals surface area contributed by atoms with Gasteiger partial charge in [0.15, 0.2) is 0 Å². The number of H-pyrrole nitrogens is 1. The van der Waals surface area contributed by atoms with E-state index in [1.807, 2.05) is 20.8 Å². The average molecular weight is 198 g/mol. The number of rotatable bonds is 4. The Morgan fingerprint density at radius 3 is 2.50 bits per heavy atom. The fourth-order valence-electron chi connectivity index (χ4n) is 1.21. The van der Waals surface area contributed by atoms with Crippen molar-refractivity contribution in [2.24, 2.45) is 0 Å². The minimum absolute atomic E-state index is 0.299. The summed E-state index contributed by atoms with van der Waals surface area (Å²) in [5.74, 6) is 0. The molecule has 1 atom stereocenters. The first-order valence-corrected chi connectivity index (χ1v) is 5.30. The molecular weight excluding hydrogens is 176 g/mol. The van der Waals surface area contributed by atoms with Gasteiger partial charge in [0, 0.05) is 19.2 Å². The third-order valence-electron chi connectivity index (χ3n) is 1.98. The van der Waals surface area contributed by atoms with Crippen molar-refractivity contribution < 1.29 is 4.74 Å². The summed E-state index contributed by atoms with van der Waals surface area (Å²) in [4.78, 5) is 0. The second-order valence-electron chi connectivity index (χ2n) is 3.01. The minimum atomic E-state index is 0.299. The number of hydrogen-bond donors (Lipinski definition) is 1. The number of nitrogens with zero attached hydrogens (tertiary/aromatic N) is 1. The molecule has 0 aliphatic carbocycles. The van der Waals surface area contributed by atoms with Crippen molar-refractivity contribution in [3.8, 4) is 0 Å². The SMILES string of the molecule is CC.CCC(Cc1cc(C)[nH]n1)OC. The molecule has 0 radical (unpaired) electrons. The van der Waals surface area contributed by atoms with E-state index >= 15 is 0 Å². The van der Waals surface area contributed by atoms with E-state index in [4.69, 9.17) is 4.74 Å². The molecule has 82 valence electrons. The molecule has 0 saturated heterocycles. The Bertz CT molecular complexity index is 229. The van der Waals surface area contributed by atoms with Crippen LogP contribution in [0, 0.1) is 6.92 Å². The van der Waals surface area contributed by atoms with Crippen LogP contribution in [0.4, 0.5) is 0 Å². The van der Waals surface area contributed by atoms with Gasteiger partial charge >= 0.3 is 0 Å². The number of aryl methyl sites for hydroxylation is 1. The summed E-state index contributed by atoms with van der Waals surface area (Å²) < 4.78 is 5.26. The van der Waals surface area contributed by atoms with Crippen LogP contribution in [0.15, 0.2) is 6.07 Å². The summed E-state index contributed by atoms with van der Waals surface area (Å²) in [6, 6.07) is 2.06. The summed E-state index contributed by atoms with van der Waals surface area (Å²) >= 11 is 0. The van der Waals surface area contributed by atoms with E-state index in [1.54, 1.807) is 7.11 Å². The first kappa shape index (κ1) is 13.2. The molecule has 14 heavy (non-hydrogen) atoms. The van der Waals surface area contributed by atoms with Crippen molar-refractivity contribution in [1.82, 2.24) is 10.2 Å². The lowest BCUT2D eigenvalue weighted by Crippen LogP contribution is -2.12. The van der Waals surface area contributed by atoms with Crippen LogP contribution in [-0.4, -0.2) is 23.4 Å². The Morgan fingerprint density at radius 2 is 2.14 bits per heavy atom. The maximum Gasteiger partial charge on any atom is 0.0650 e. The Morgan fingerprint density at radius 1 is 1.50 bits per heavy atom. The summed E-state index contributed by atoms with van der Waals surface area (Å²) in [5, 5.41) is 7.06. The molecule has 3 nitrogen and oxygen atoms in total. The molecule has 1 unspecified atom stereocenters. The molecule has 1 heterocycles. The van der Waals surface area contributed by atoms with Crippen LogP contribution in [0.1, 0.15) is 38.6 Å². The number of aromatic nitrogens is 2.